The molecule has 0 aliphatic heterocycles. The molecule has 0 bridgehead atoms. The van der Waals surface area contributed by atoms with Crippen LogP contribution < -0.4 is 21.3 Å². The third-order valence-corrected chi connectivity index (χ3v) is 5.32. The molecule has 178 valence electrons. The molecular weight excluding hydrogens is 452 g/mol. The van der Waals surface area contributed by atoms with Gasteiger partial charge < -0.3 is 14.8 Å². The number of hydrogen-bond acceptors (Lipinski definition) is 7. The van der Waals surface area contributed by atoms with E-state index in [1.54, 1.807) is 61.5 Å². The second-order valence-corrected chi connectivity index (χ2v) is 7.59. The summed E-state index contributed by atoms with van der Waals surface area (Å²) in [5.74, 6) is -0.978. The molecule has 1 N–H and O–H groups in total. The Balaban J connectivity index is 1.95. The number of hydrogen-bond donors (Lipinski definition) is 1. The number of nitrogens with one attached hydrogen (secondary N) is 1. The van der Waals surface area contributed by atoms with Crippen molar-refractivity contribution in [3.8, 4) is 11.4 Å². The van der Waals surface area contributed by atoms with Gasteiger partial charge >= 0.3 is 11.7 Å². The first-order chi connectivity index (χ1) is 16.8. The van der Waals surface area contributed by atoms with Crippen LogP contribution >= 0.6 is 0 Å². The van der Waals surface area contributed by atoms with Gasteiger partial charge in [-0.05, 0) is 37.3 Å². The minimum atomic E-state index is -0.833. The zero-order chi connectivity index (χ0) is 25.1. The number of anilines is 1. The van der Waals surface area contributed by atoms with Crippen LogP contribution in [0.1, 0.15) is 16.1 Å². The SMILES string of the molecule is COC(=O)c1cc(C)nc2c1c(=O)n(CC(=O)Nc1ccccc1OC)c(=O)n2-c1ccccc1. The van der Waals surface area contributed by atoms with E-state index in [0.29, 0.717) is 22.8 Å². The van der Waals surface area contributed by atoms with Crippen LogP contribution in [-0.2, 0) is 16.1 Å². The molecule has 0 fully saturated rings. The molecule has 1 amide bonds. The molecule has 0 saturated heterocycles. The average Bonchev–Trinajstić information content (AvgIpc) is 2.86. The molecule has 2 heterocycles. The molecule has 0 saturated carbocycles. The van der Waals surface area contributed by atoms with E-state index in [-0.39, 0.29) is 16.6 Å². The molecule has 0 aliphatic carbocycles. The molecule has 0 spiro atoms. The Morgan fingerprint density at radius 2 is 1.69 bits per heavy atom. The van der Waals surface area contributed by atoms with Crippen molar-refractivity contribution in [1.82, 2.24) is 14.1 Å². The van der Waals surface area contributed by atoms with Gasteiger partial charge in [-0.25, -0.2) is 23.7 Å². The predicted molar refractivity (Wildman–Crippen MR) is 129 cm³/mol. The number of ether oxygens (including phenoxy) is 2. The lowest BCUT2D eigenvalue weighted by Crippen LogP contribution is -2.43. The minimum absolute atomic E-state index is 0.00649. The van der Waals surface area contributed by atoms with Gasteiger partial charge in [-0.15, -0.1) is 0 Å². The van der Waals surface area contributed by atoms with E-state index in [0.717, 1.165) is 4.57 Å². The fraction of sp³-hybridized carbons (Fsp3) is 0.160. The van der Waals surface area contributed by atoms with Crippen molar-refractivity contribution < 1.29 is 19.1 Å². The summed E-state index contributed by atoms with van der Waals surface area (Å²) < 4.78 is 12.1. The smallest absolute Gasteiger partial charge is 0.338 e. The summed E-state index contributed by atoms with van der Waals surface area (Å²) in [7, 11) is 2.65. The molecule has 4 rings (SSSR count). The number of methoxy groups -OCH3 is 2. The van der Waals surface area contributed by atoms with Crippen LogP contribution in [0.2, 0.25) is 0 Å². The van der Waals surface area contributed by atoms with E-state index >= 15 is 0 Å². The molecule has 0 radical (unpaired) electrons. The first-order valence-electron chi connectivity index (χ1n) is 10.6. The number of benzene rings is 2. The Morgan fingerprint density at radius 1 is 1.00 bits per heavy atom. The number of para-hydroxylation sites is 3. The number of aryl methyl sites for hydroxylation is 1. The highest BCUT2D eigenvalue weighted by Crippen LogP contribution is 2.23. The van der Waals surface area contributed by atoms with Gasteiger partial charge in [0.05, 0.1) is 36.5 Å². The van der Waals surface area contributed by atoms with E-state index in [9.17, 15) is 19.2 Å². The second-order valence-electron chi connectivity index (χ2n) is 7.59. The van der Waals surface area contributed by atoms with Gasteiger partial charge in [0.2, 0.25) is 5.91 Å². The zero-order valence-electron chi connectivity index (χ0n) is 19.3. The standard InChI is InChI=1S/C25H22N4O6/c1-15-13-17(24(32)35-3)21-22(26-15)29(16-9-5-4-6-10-16)25(33)28(23(21)31)14-20(30)27-18-11-7-8-12-19(18)34-2/h4-13H,14H2,1-3H3,(H,27,30). The van der Waals surface area contributed by atoms with Crippen LogP contribution in [-0.4, -0.2) is 40.2 Å². The number of esters is 1. The summed E-state index contributed by atoms with van der Waals surface area (Å²) in [5.41, 5.74) is -0.470. The van der Waals surface area contributed by atoms with Crippen molar-refractivity contribution in [2.45, 2.75) is 13.5 Å². The van der Waals surface area contributed by atoms with Crippen molar-refractivity contribution in [3.05, 3.63) is 92.8 Å². The Labute approximate surface area is 199 Å². The quantitative estimate of drug-likeness (QED) is 0.426. The lowest BCUT2D eigenvalue weighted by molar-refractivity contribution is -0.116. The van der Waals surface area contributed by atoms with Gasteiger partial charge in [0, 0.05) is 5.69 Å². The molecular formula is C25H22N4O6. The number of nitrogens with zero attached hydrogens (tertiary/aromatic N) is 3. The largest absolute Gasteiger partial charge is 0.495 e. The average molecular weight is 474 g/mol. The van der Waals surface area contributed by atoms with Crippen molar-refractivity contribution in [2.75, 3.05) is 19.5 Å². The fourth-order valence-corrected chi connectivity index (χ4v) is 3.76. The van der Waals surface area contributed by atoms with Gasteiger partial charge in [-0.2, -0.15) is 0 Å². The molecule has 0 aliphatic rings. The molecule has 4 aromatic rings. The van der Waals surface area contributed by atoms with Crippen molar-refractivity contribution in [3.63, 3.8) is 0 Å². The number of aromatic nitrogens is 3. The maximum atomic E-state index is 13.5. The summed E-state index contributed by atoms with van der Waals surface area (Å²) in [6, 6.07) is 16.7. The maximum Gasteiger partial charge on any atom is 0.338 e. The summed E-state index contributed by atoms with van der Waals surface area (Å²) >= 11 is 0. The maximum absolute atomic E-state index is 13.5. The number of pyridine rings is 1. The Bertz CT molecular complexity index is 1560. The van der Waals surface area contributed by atoms with Gasteiger partial charge in [0.25, 0.3) is 5.56 Å². The fourth-order valence-electron chi connectivity index (χ4n) is 3.76. The molecule has 10 heteroatoms. The Morgan fingerprint density at radius 3 is 2.37 bits per heavy atom. The minimum Gasteiger partial charge on any atom is -0.495 e. The molecule has 10 nitrogen and oxygen atoms in total. The highest BCUT2D eigenvalue weighted by atomic mass is 16.5. The van der Waals surface area contributed by atoms with Crippen LogP contribution in [0.5, 0.6) is 5.75 Å². The summed E-state index contributed by atoms with van der Waals surface area (Å²) in [6.45, 7) is 1.03. The zero-order valence-corrected chi connectivity index (χ0v) is 19.3. The first-order valence-corrected chi connectivity index (χ1v) is 10.6. The van der Waals surface area contributed by atoms with E-state index in [2.05, 4.69) is 10.3 Å². The monoisotopic (exact) mass is 474 g/mol. The number of carbonyl (C=O) groups is 2. The van der Waals surface area contributed by atoms with E-state index in [1.165, 1.54) is 24.9 Å². The summed E-state index contributed by atoms with van der Waals surface area (Å²) in [6.07, 6.45) is 0. The number of fused-ring (bicyclic) bond motifs is 1. The predicted octanol–water partition coefficient (Wildman–Crippen LogP) is 2.29. The van der Waals surface area contributed by atoms with Crippen LogP contribution in [0.4, 0.5) is 5.69 Å². The number of carbonyl (C=O) groups excluding carboxylic acids is 2. The highest BCUT2D eigenvalue weighted by molar-refractivity contribution is 6.02. The number of rotatable bonds is 6. The second kappa shape index (κ2) is 9.64. The van der Waals surface area contributed by atoms with E-state index in [4.69, 9.17) is 9.47 Å². The van der Waals surface area contributed by atoms with Gasteiger partial charge in [0.15, 0.2) is 5.65 Å². The molecule has 35 heavy (non-hydrogen) atoms. The third-order valence-electron chi connectivity index (χ3n) is 5.32. The van der Waals surface area contributed by atoms with Crippen LogP contribution in [0.3, 0.4) is 0 Å². The van der Waals surface area contributed by atoms with Crippen molar-refractivity contribution in [1.29, 1.82) is 0 Å². The summed E-state index contributed by atoms with van der Waals surface area (Å²) in [4.78, 5) is 56.8. The van der Waals surface area contributed by atoms with E-state index < -0.39 is 29.7 Å². The molecule has 0 atom stereocenters. The van der Waals surface area contributed by atoms with Crippen LogP contribution in [0.25, 0.3) is 16.7 Å². The normalized spacial score (nSPS) is 10.7. The lowest BCUT2D eigenvalue weighted by Gasteiger charge is -2.16. The molecule has 2 aromatic heterocycles. The molecule has 0 unspecified atom stereocenters. The van der Waals surface area contributed by atoms with Gasteiger partial charge in [-0.1, -0.05) is 30.3 Å². The van der Waals surface area contributed by atoms with Crippen molar-refractivity contribution >= 4 is 28.6 Å². The van der Waals surface area contributed by atoms with E-state index in [1.807, 2.05) is 0 Å². The Kier molecular flexibility index (Phi) is 6.45. The highest BCUT2D eigenvalue weighted by Gasteiger charge is 2.23. The molecule has 2 aromatic carbocycles. The van der Waals surface area contributed by atoms with Crippen molar-refractivity contribution in [2.24, 2.45) is 0 Å². The van der Waals surface area contributed by atoms with Crippen LogP contribution in [0.15, 0.2) is 70.3 Å². The first kappa shape index (κ1) is 23.4. The lowest BCUT2D eigenvalue weighted by atomic mass is 10.1. The number of amides is 1. The van der Waals surface area contributed by atoms with Gasteiger partial charge in [-0.3, -0.25) is 9.59 Å². The topological polar surface area (TPSA) is 122 Å². The van der Waals surface area contributed by atoms with Gasteiger partial charge in [0.1, 0.15) is 12.3 Å². The Hall–Kier alpha value is -4.73. The van der Waals surface area contributed by atoms with Crippen LogP contribution in [0, 0.1) is 6.92 Å². The summed E-state index contributed by atoms with van der Waals surface area (Å²) in [5, 5.41) is 2.52. The third kappa shape index (κ3) is 4.41.